The molecule has 4 rings (SSSR count). The van der Waals surface area contributed by atoms with Gasteiger partial charge in [0, 0.05) is 40.2 Å². The van der Waals surface area contributed by atoms with E-state index < -0.39 is 0 Å². The fourth-order valence-electron chi connectivity index (χ4n) is 2.99. The second-order valence-electron chi connectivity index (χ2n) is 6.12. The molecule has 1 aliphatic rings. The van der Waals surface area contributed by atoms with Gasteiger partial charge in [-0.05, 0) is 31.2 Å². The number of rotatable bonds is 5. The van der Waals surface area contributed by atoms with Crippen molar-refractivity contribution in [2.75, 3.05) is 13.1 Å². The van der Waals surface area contributed by atoms with Crippen LogP contribution in [0, 0.1) is 0 Å². The first-order valence-electron chi connectivity index (χ1n) is 8.42. The number of fused-ring (bicyclic) bond motifs is 1. The van der Waals surface area contributed by atoms with Gasteiger partial charge < -0.3 is 14.8 Å². The van der Waals surface area contributed by atoms with E-state index in [1.807, 2.05) is 48.5 Å². The van der Waals surface area contributed by atoms with Crippen molar-refractivity contribution in [2.24, 2.45) is 0 Å². The number of hydrogen-bond acceptors (Lipinski definition) is 4. The Labute approximate surface area is 151 Å². The molecule has 0 amide bonds. The van der Waals surface area contributed by atoms with E-state index in [2.05, 4.69) is 10.3 Å². The van der Waals surface area contributed by atoms with Crippen LogP contribution in [-0.2, 0) is 6.61 Å². The number of aromatic nitrogens is 1. The summed E-state index contributed by atoms with van der Waals surface area (Å²) in [6, 6.07) is 15.6. The zero-order valence-corrected chi connectivity index (χ0v) is 14.5. The molecule has 1 fully saturated rings. The van der Waals surface area contributed by atoms with Gasteiger partial charge in [0.1, 0.15) is 18.5 Å². The summed E-state index contributed by atoms with van der Waals surface area (Å²) in [6.07, 6.45) is 3.04. The average Bonchev–Trinajstić information content (AvgIpc) is 3.16. The number of hydrogen-bond donors (Lipinski definition) is 1. The number of nitrogens with zero attached hydrogens (tertiary/aromatic N) is 1. The van der Waals surface area contributed by atoms with E-state index in [-0.39, 0.29) is 6.10 Å². The summed E-state index contributed by atoms with van der Waals surface area (Å²) in [6.45, 7) is 2.34. The predicted octanol–water partition coefficient (Wildman–Crippen LogP) is 4.21. The molecule has 1 aromatic heterocycles. The Kier molecular flexibility index (Phi) is 4.72. The molecular weight excluding hydrogens is 336 g/mol. The molecule has 0 aliphatic carbocycles. The summed E-state index contributed by atoms with van der Waals surface area (Å²) in [5.74, 6) is 1.48. The van der Waals surface area contributed by atoms with Gasteiger partial charge in [-0.25, -0.2) is 4.98 Å². The van der Waals surface area contributed by atoms with E-state index in [9.17, 15) is 0 Å². The molecule has 1 atom stereocenters. The maximum atomic E-state index is 6.25. The van der Waals surface area contributed by atoms with E-state index in [1.165, 1.54) is 0 Å². The molecule has 0 bridgehead atoms. The van der Waals surface area contributed by atoms with Crippen molar-refractivity contribution in [3.05, 3.63) is 65.3 Å². The molecule has 2 heterocycles. The highest BCUT2D eigenvalue weighted by Gasteiger charge is 2.16. The Morgan fingerprint density at radius 1 is 1.08 bits per heavy atom. The lowest BCUT2D eigenvalue weighted by atomic mass is 10.1. The Morgan fingerprint density at radius 3 is 2.72 bits per heavy atom. The quantitative estimate of drug-likeness (QED) is 0.745. The van der Waals surface area contributed by atoms with Gasteiger partial charge >= 0.3 is 0 Å². The molecule has 3 aromatic rings. The molecule has 0 radical (unpaired) electrons. The molecule has 1 aliphatic heterocycles. The highest BCUT2D eigenvalue weighted by atomic mass is 35.5. The van der Waals surface area contributed by atoms with Gasteiger partial charge in [0.15, 0.2) is 0 Å². The second kappa shape index (κ2) is 7.30. The lowest BCUT2D eigenvalue weighted by Gasteiger charge is -2.12. The van der Waals surface area contributed by atoms with Gasteiger partial charge in [0.05, 0.1) is 0 Å². The predicted molar refractivity (Wildman–Crippen MR) is 99.4 cm³/mol. The molecule has 1 saturated heterocycles. The fraction of sp³-hybridized carbons (Fsp3) is 0.250. The summed E-state index contributed by atoms with van der Waals surface area (Å²) in [7, 11) is 0. The zero-order chi connectivity index (χ0) is 17.1. The van der Waals surface area contributed by atoms with Crippen LogP contribution < -0.4 is 14.8 Å². The Balaban J connectivity index is 1.44. The third-order valence-electron chi connectivity index (χ3n) is 4.33. The molecule has 1 N–H and O–H groups in total. The standard InChI is InChI=1S/C20H19ClN2O2/c21-18-6-7-19(17-4-2-1-3-16(17)18)24-13-14-5-8-20(23-11-14)25-15-9-10-22-12-15/h1-8,11,15,22H,9-10,12-13H2. The first kappa shape index (κ1) is 16.2. The first-order chi connectivity index (χ1) is 12.3. The van der Waals surface area contributed by atoms with Gasteiger partial charge in [-0.2, -0.15) is 0 Å². The zero-order valence-electron chi connectivity index (χ0n) is 13.7. The van der Waals surface area contributed by atoms with Crippen molar-refractivity contribution in [2.45, 2.75) is 19.1 Å². The summed E-state index contributed by atoms with van der Waals surface area (Å²) in [5.41, 5.74) is 0.996. The summed E-state index contributed by atoms with van der Waals surface area (Å²) < 4.78 is 11.8. The largest absolute Gasteiger partial charge is 0.488 e. The summed E-state index contributed by atoms with van der Waals surface area (Å²) >= 11 is 6.25. The molecule has 128 valence electrons. The normalized spacial score (nSPS) is 16.9. The number of nitrogens with one attached hydrogen (secondary N) is 1. The monoisotopic (exact) mass is 354 g/mol. The van der Waals surface area contributed by atoms with Crippen LogP contribution in [0.3, 0.4) is 0 Å². The molecule has 1 unspecified atom stereocenters. The third-order valence-corrected chi connectivity index (χ3v) is 4.65. The first-order valence-corrected chi connectivity index (χ1v) is 8.80. The smallest absolute Gasteiger partial charge is 0.213 e. The summed E-state index contributed by atoms with van der Waals surface area (Å²) in [5, 5.41) is 6.01. The maximum absolute atomic E-state index is 6.25. The van der Waals surface area contributed by atoms with Crippen LogP contribution in [0.5, 0.6) is 11.6 Å². The van der Waals surface area contributed by atoms with Gasteiger partial charge in [-0.1, -0.05) is 35.9 Å². The maximum Gasteiger partial charge on any atom is 0.213 e. The lowest BCUT2D eigenvalue weighted by Crippen LogP contribution is -2.20. The van der Waals surface area contributed by atoms with Crippen LogP contribution in [0.25, 0.3) is 10.8 Å². The highest BCUT2D eigenvalue weighted by Crippen LogP contribution is 2.31. The molecular formula is C20H19ClN2O2. The number of ether oxygens (including phenoxy) is 2. The molecule has 0 spiro atoms. The molecule has 0 saturated carbocycles. The summed E-state index contributed by atoms with van der Waals surface area (Å²) in [4.78, 5) is 4.38. The van der Waals surface area contributed by atoms with Crippen molar-refractivity contribution < 1.29 is 9.47 Å². The highest BCUT2D eigenvalue weighted by molar-refractivity contribution is 6.35. The minimum Gasteiger partial charge on any atom is -0.488 e. The van der Waals surface area contributed by atoms with Crippen molar-refractivity contribution in [1.82, 2.24) is 10.3 Å². The lowest BCUT2D eigenvalue weighted by molar-refractivity contribution is 0.213. The van der Waals surface area contributed by atoms with Crippen molar-refractivity contribution in [3.63, 3.8) is 0 Å². The minimum absolute atomic E-state index is 0.218. The van der Waals surface area contributed by atoms with Gasteiger partial charge in [-0.3, -0.25) is 0 Å². The molecule has 25 heavy (non-hydrogen) atoms. The Hall–Kier alpha value is -2.30. The molecule has 4 nitrogen and oxygen atoms in total. The van der Waals surface area contributed by atoms with Gasteiger partial charge in [0.25, 0.3) is 0 Å². The van der Waals surface area contributed by atoms with Crippen LogP contribution in [0.4, 0.5) is 0 Å². The van der Waals surface area contributed by atoms with Gasteiger partial charge in [-0.15, -0.1) is 0 Å². The molecule has 2 aromatic carbocycles. The van der Waals surface area contributed by atoms with E-state index in [0.717, 1.165) is 46.6 Å². The number of pyridine rings is 1. The van der Waals surface area contributed by atoms with Crippen LogP contribution in [0.15, 0.2) is 54.7 Å². The van der Waals surface area contributed by atoms with Gasteiger partial charge in [0.2, 0.25) is 5.88 Å². The van der Waals surface area contributed by atoms with Crippen LogP contribution in [0.2, 0.25) is 5.02 Å². The van der Waals surface area contributed by atoms with Crippen molar-refractivity contribution >= 4 is 22.4 Å². The van der Waals surface area contributed by atoms with E-state index in [0.29, 0.717) is 12.5 Å². The number of halogens is 1. The Bertz CT molecular complexity index is 861. The van der Waals surface area contributed by atoms with Crippen molar-refractivity contribution in [1.29, 1.82) is 0 Å². The van der Waals surface area contributed by atoms with Crippen molar-refractivity contribution in [3.8, 4) is 11.6 Å². The molecule has 5 heteroatoms. The second-order valence-corrected chi connectivity index (χ2v) is 6.52. The third kappa shape index (κ3) is 3.70. The minimum atomic E-state index is 0.218. The number of benzene rings is 2. The average molecular weight is 355 g/mol. The van der Waals surface area contributed by atoms with E-state index >= 15 is 0 Å². The SMILES string of the molecule is Clc1ccc(OCc2ccc(OC3CCNC3)nc2)c2ccccc12. The topological polar surface area (TPSA) is 43.4 Å². The Morgan fingerprint density at radius 2 is 1.96 bits per heavy atom. The van der Waals surface area contributed by atoms with E-state index in [1.54, 1.807) is 6.20 Å². The van der Waals surface area contributed by atoms with Crippen LogP contribution in [0.1, 0.15) is 12.0 Å². The fourth-order valence-corrected chi connectivity index (χ4v) is 3.21. The van der Waals surface area contributed by atoms with Crippen LogP contribution >= 0.6 is 11.6 Å². The van der Waals surface area contributed by atoms with Crippen LogP contribution in [-0.4, -0.2) is 24.2 Å². The van der Waals surface area contributed by atoms with E-state index in [4.69, 9.17) is 21.1 Å².